The highest BCUT2D eigenvalue weighted by atomic mass is 16.7. The van der Waals surface area contributed by atoms with Crippen molar-refractivity contribution in [1.82, 2.24) is 0 Å². The van der Waals surface area contributed by atoms with Crippen LogP contribution >= 0.6 is 0 Å². The molecule has 0 saturated carbocycles. The van der Waals surface area contributed by atoms with Crippen molar-refractivity contribution in [3.05, 3.63) is 78.4 Å². The van der Waals surface area contributed by atoms with Gasteiger partial charge in [-0.2, -0.15) is 0 Å². The van der Waals surface area contributed by atoms with E-state index in [1.807, 2.05) is 48.5 Å². The number of amidine groups is 1. The van der Waals surface area contributed by atoms with E-state index in [9.17, 15) is 0 Å². The third-order valence-corrected chi connectivity index (χ3v) is 4.29. The zero-order chi connectivity index (χ0) is 15.9. The quantitative estimate of drug-likeness (QED) is 0.692. The van der Waals surface area contributed by atoms with Gasteiger partial charge in [0.15, 0.2) is 12.6 Å². The van der Waals surface area contributed by atoms with Crippen molar-refractivity contribution in [2.75, 3.05) is 11.6 Å². The lowest BCUT2D eigenvalue weighted by Crippen LogP contribution is -2.31. The zero-order valence-electron chi connectivity index (χ0n) is 12.8. The summed E-state index contributed by atoms with van der Waals surface area (Å²) in [6, 6.07) is 24.2. The van der Waals surface area contributed by atoms with Crippen LogP contribution in [-0.4, -0.2) is 12.6 Å². The number of benzene rings is 3. The van der Waals surface area contributed by atoms with Gasteiger partial charge in [-0.05, 0) is 42.0 Å². The molecule has 4 heteroatoms. The maximum Gasteiger partial charge on any atom is 0.195 e. The zero-order valence-corrected chi connectivity index (χ0v) is 12.8. The topological polar surface area (TPSA) is 34.1 Å². The average Bonchev–Trinajstić information content (AvgIpc) is 3.13. The second-order valence-electron chi connectivity index (χ2n) is 5.74. The van der Waals surface area contributed by atoms with Crippen LogP contribution in [0.1, 0.15) is 5.56 Å². The fourth-order valence-corrected chi connectivity index (χ4v) is 3.20. The van der Waals surface area contributed by atoms with E-state index in [4.69, 9.17) is 9.57 Å². The van der Waals surface area contributed by atoms with Gasteiger partial charge in [-0.1, -0.05) is 41.6 Å². The largest absolute Gasteiger partial charge is 0.457 e. The van der Waals surface area contributed by atoms with E-state index in [0.29, 0.717) is 6.73 Å². The molecule has 0 aliphatic carbocycles. The molecule has 0 atom stereocenters. The summed E-state index contributed by atoms with van der Waals surface area (Å²) in [7, 11) is 0. The molecule has 3 aromatic rings. The molecule has 0 aromatic heterocycles. The van der Waals surface area contributed by atoms with Crippen molar-refractivity contribution < 1.29 is 9.57 Å². The normalized spacial score (nSPS) is 14.2. The van der Waals surface area contributed by atoms with Crippen LogP contribution in [0.25, 0.3) is 11.1 Å². The van der Waals surface area contributed by atoms with Crippen LogP contribution < -0.4 is 9.64 Å². The van der Waals surface area contributed by atoms with Crippen LogP contribution in [0, 0.1) is 0 Å². The summed E-state index contributed by atoms with van der Waals surface area (Å²) in [6.45, 7) is 0.440. The van der Waals surface area contributed by atoms with Gasteiger partial charge < -0.3 is 9.57 Å². The summed E-state index contributed by atoms with van der Waals surface area (Å²) < 4.78 is 5.97. The number of hydrogen-bond donors (Lipinski definition) is 0. The van der Waals surface area contributed by atoms with Crippen molar-refractivity contribution in [3.8, 4) is 22.6 Å². The third kappa shape index (κ3) is 1.97. The van der Waals surface area contributed by atoms with Gasteiger partial charge in [-0.25, -0.2) is 0 Å². The van der Waals surface area contributed by atoms with E-state index in [1.165, 1.54) is 5.56 Å². The van der Waals surface area contributed by atoms with E-state index < -0.39 is 0 Å². The average molecular weight is 314 g/mol. The number of ether oxygens (including phenoxy) is 1. The number of oxime groups is 1. The molecule has 0 N–H and O–H groups in total. The Kier molecular flexibility index (Phi) is 2.82. The lowest BCUT2D eigenvalue weighted by molar-refractivity contribution is 0.174. The van der Waals surface area contributed by atoms with Gasteiger partial charge in [0.05, 0.1) is 5.69 Å². The third-order valence-electron chi connectivity index (χ3n) is 4.29. The molecule has 116 valence electrons. The Morgan fingerprint density at radius 1 is 0.792 bits per heavy atom. The predicted octanol–water partition coefficient (Wildman–Crippen LogP) is 4.62. The van der Waals surface area contributed by atoms with E-state index in [0.717, 1.165) is 34.1 Å². The number of anilines is 1. The summed E-state index contributed by atoms with van der Waals surface area (Å²) >= 11 is 0. The maximum atomic E-state index is 5.97. The molecule has 5 rings (SSSR count). The Labute approximate surface area is 139 Å². The van der Waals surface area contributed by atoms with Gasteiger partial charge >= 0.3 is 0 Å². The molecule has 0 fully saturated rings. The SMILES string of the molecule is c1ccc(Oc2ccc3c(c2)C2=NOCN2c2ccccc2-3)cc1. The molecule has 2 aliphatic rings. The van der Waals surface area contributed by atoms with Crippen LogP contribution in [0.15, 0.2) is 78.0 Å². The van der Waals surface area contributed by atoms with Crippen molar-refractivity contribution >= 4 is 11.5 Å². The van der Waals surface area contributed by atoms with E-state index in [1.54, 1.807) is 0 Å². The molecular weight excluding hydrogens is 300 g/mol. The van der Waals surface area contributed by atoms with Crippen molar-refractivity contribution in [1.29, 1.82) is 0 Å². The number of nitrogens with zero attached hydrogens (tertiary/aromatic N) is 2. The Morgan fingerprint density at radius 2 is 1.62 bits per heavy atom. The van der Waals surface area contributed by atoms with Gasteiger partial charge in [0.1, 0.15) is 11.5 Å². The van der Waals surface area contributed by atoms with Crippen LogP contribution in [-0.2, 0) is 4.84 Å². The molecule has 2 aliphatic heterocycles. The van der Waals surface area contributed by atoms with Gasteiger partial charge in [-0.15, -0.1) is 0 Å². The Morgan fingerprint density at radius 3 is 2.54 bits per heavy atom. The van der Waals surface area contributed by atoms with Crippen molar-refractivity contribution in [3.63, 3.8) is 0 Å². The van der Waals surface area contributed by atoms with Crippen molar-refractivity contribution in [2.45, 2.75) is 0 Å². The monoisotopic (exact) mass is 314 g/mol. The molecule has 4 nitrogen and oxygen atoms in total. The molecule has 0 unspecified atom stereocenters. The molecule has 3 aromatic carbocycles. The summed E-state index contributed by atoms with van der Waals surface area (Å²) in [5.41, 5.74) is 4.48. The fourth-order valence-electron chi connectivity index (χ4n) is 3.20. The standard InChI is InChI=1S/C20H14N2O2/c1-2-6-14(7-3-1)24-15-10-11-16-17-8-4-5-9-19(17)22-13-23-21-20(22)18(16)12-15/h1-12H,13H2. The number of hydrogen-bond acceptors (Lipinski definition) is 4. The Bertz CT molecular complexity index is 951. The van der Waals surface area contributed by atoms with Crippen LogP contribution in [0.5, 0.6) is 11.5 Å². The molecular formula is C20H14N2O2. The van der Waals surface area contributed by atoms with Gasteiger partial charge in [0, 0.05) is 11.1 Å². The second-order valence-corrected chi connectivity index (χ2v) is 5.74. The predicted molar refractivity (Wildman–Crippen MR) is 93.4 cm³/mol. The second kappa shape index (κ2) is 5.13. The van der Waals surface area contributed by atoms with Crippen LogP contribution in [0.4, 0.5) is 5.69 Å². The Balaban J connectivity index is 1.63. The first-order valence-electron chi connectivity index (χ1n) is 7.84. The molecule has 24 heavy (non-hydrogen) atoms. The number of rotatable bonds is 2. The van der Waals surface area contributed by atoms with Crippen LogP contribution in [0.2, 0.25) is 0 Å². The molecule has 0 bridgehead atoms. The summed E-state index contributed by atoms with van der Waals surface area (Å²) in [5.74, 6) is 2.44. The van der Waals surface area contributed by atoms with Gasteiger partial charge in [0.2, 0.25) is 0 Å². The minimum atomic E-state index is 0.440. The van der Waals surface area contributed by atoms with Gasteiger partial charge in [-0.3, -0.25) is 4.90 Å². The Hall–Kier alpha value is -3.27. The smallest absolute Gasteiger partial charge is 0.195 e. The molecule has 2 heterocycles. The van der Waals surface area contributed by atoms with E-state index in [-0.39, 0.29) is 0 Å². The highest BCUT2D eigenvalue weighted by molar-refractivity contribution is 6.19. The minimum absolute atomic E-state index is 0.440. The first-order valence-corrected chi connectivity index (χ1v) is 7.84. The minimum Gasteiger partial charge on any atom is -0.457 e. The molecule has 0 spiro atoms. The fraction of sp³-hybridized carbons (Fsp3) is 0.0500. The summed E-state index contributed by atoms with van der Waals surface area (Å²) in [4.78, 5) is 7.42. The molecule has 0 amide bonds. The van der Waals surface area contributed by atoms with Crippen molar-refractivity contribution in [2.24, 2.45) is 5.16 Å². The first kappa shape index (κ1) is 13.2. The highest BCUT2D eigenvalue weighted by Crippen LogP contribution is 2.42. The maximum absolute atomic E-state index is 5.97. The highest BCUT2D eigenvalue weighted by Gasteiger charge is 2.32. The number of fused-ring (bicyclic) bond motifs is 6. The van der Waals surface area contributed by atoms with Gasteiger partial charge in [0.25, 0.3) is 0 Å². The molecule has 0 saturated heterocycles. The lowest BCUT2D eigenvalue weighted by atomic mass is 9.92. The lowest BCUT2D eigenvalue weighted by Gasteiger charge is -2.28. The summed E-state index contributed by atoms with van der Waals surface area (Å²) in [6.07, 6.45) is 0. The summed E-state index contributed by atoms with van der Waals surface area (Å²) in [5, 5.41) is 4.23. The number of para-hydroxylation sites is 2. The first-order chi connectivity index (χ1) is 11.9. The van der Waals surface area contributed by atoms with Crippen LogP contribution in [0.3, 0.4) is 0 Å². The molecule has 0 radical (unpaired) electrons. The van der Waals surface area contributed by atoms with E-state index in [2.05, 4.69) is 34.3 Å². The van der Waals surface area contributed by atoms with E-state index >= 15 is 0 Å².